The third-order valence-electron chi connectivity index (χ3n) is 4.14. The molecule has 2 heterocycles. The lowest BCUT2D eigenvalue weighted by atomic mass is 9.84. The Bertz CT molecular complexity index is 632. The minimum Gasteiger partial charge on any atom is -0.465 e. The molecule has 1 atom stereocenters. The smallest absolute Gasteiger partial charge is 0.410 e. The van der Waals surface area contributed by atoms with Crippen molar-refractivity contribution in [2.75, 3.05) is 36.5 Å². The Kier molecular flexibility index (Phi) is 6.04. The lowest BCUT2D eigenvalue weighted by molar-refractivity contribution is -0.146. The number of fused-ring (bicyclic) bond motifs is 1. The topological polar surface area (TPSA) is 89.7 Å². The molecule has 0 bridgehead atoms. The summed E-state index contributed by atoms with van der Waals surface area (Å²) in [6.45, 7) is 5.22. The molecule has 0 radical (unpaired) electrons. The number of hydrogen-bond acceptors (Lipinski definition) is 7. The molecular formula is C16H23BN4O3. The summed E-state index contributed by atoms with van der Waals surface area (Å²) in [6.07, 6.45) is 0.868. The van der Waals surface area contributed by atoms with Crippen LogP contribution >= 0.6 is 0 Å². The van der Waals surface area contributed by atoms with Crippen LogP contribution in [0, 0.1) is 17.2 Å². The minimum atomic E-state index is -0.779. The molecule has 1 unspecified atom stereocenters. The summed E-state index contributed by atoms with van der Waals surface area (Å²) in [6, 6.07) is 5.87. The van der Waals surface area contributed by atoms with Gasteiger partial charge in [-0.1, -0.05) is 0 Å². The van der Waals surface area contributed by atoms with Crippen molar-refractivity contribution < 1.29 is 14.6 Å². The second kappa shape index (κ2) is 8.02. The number of esters is 1. The lowest BCUT2D eigenvalue weighted by Crippen LogP contribution is -2.47. The highest BCUT2D eigenvalue weighted by Crippen LogP contribution is 2.31. The van der Waals surface area contributed by atoms with E-state index in [0.717, 1.165) is 23.7 Å². The number of rotatable bonds is 6. The Morgan fingerprint density at radius 1 is 1.54 bits per heavy atom. The third kappa shape index (κ3) is 3.98. The van der Waals surface area contributed by atoms with Gasteiger partial charge >= 0.3 is 13.0 Å². The van der Waals surface area contributed by atoms with Crippen molar-refractivity contribution in [3.8, 4) is 6.07 Å². The number of likely N-dealkylation sites (N-methyl/N-ethyl adjacent to an activating group) is 1. The Hall–Kier alpha value is -2.27. The van der Waals surface area contributed by atoms with Gasteiger partial charge in [-0.15, -0.1) is 0 Å². The summed E-state index contributed by atoms with van der Waals surface area (Å²) in [5.41, 5.74) is 1.76. The quantitative estimate of drug-likeness (QED) is 0.617. The highest BCUT2D eigenvalue weighted by Gasteiger charge is 2.27. The second-order valence-corrected chi connectivity index (χ2v) is 5.86. The molecular weight excluding hydrogens is 307 g/mol. The number of nitrogens with zero attached hydrogens (tertiary/aromatic N) is 4. The molecule has 0 aliphatic carbocycles. The molecule has 24 heavy (non-hydrogen) atoms. The Balaban J connectivity index is 2.14. The van der Waals surface area contributed by atoms with Gasteiger partial charge in [-0.3, -0.25) is 4.79 Å². The molecule has 0 aromatic carbocycles. The molecule has 8 heteroatoms. The number of pyridine rings is 1. The zero-order valence-corrected chi connectivity index (χ0v) is 14.4. The zero-order chi connectivity index (χ0) is 17.7. The summed E-state index contributed by atoms with van der Waals surface area (Å²) in [5, 5.41) is 19.1. The van der Waals surface area contributed by atoms with E-state index in [9.17, 15) is 9.82 Å². The van der Waals surface area contributed by atoms with Gasteiger partial charge in [-0.25, -0.2) is 4.98 Å². The van der Waals surface area contributed by atoms with Gasteiger partial charge in [0.1, 0.15) is 11.7 Å². The van der Waals surface area contributed by atoms with E-state index in [-0.39, 0.29) is 6.61 Å². The number of ether oxygens (including phenoxy) is 1. The lowest BCUT2D eigenvalue weighted by Gasteiger charge is -2.36. The monoisotopic (exact) mass is 330 g/mol. The van der Waals surface area contributed by atoms with Crippen LogP contribution in [0.4, 0.5) is 11.5 Å². The fourth-order valence-corrected chi connectivity index (χ4v) is 2.75. The number of aromatic nitrogens is 1. The van der Waals surface area contributed by atoms with E-state index >= 15 is 0 Å². The normalized spacial score (nSPS) is 14.6. The van der Waals surface area contributed by atoms with E-state index < -0.39 is 18.9 Å². The molecule has 1 aliphatic heterocycles. The van der Waals surface area contributed by atoms with Gasteiger partial charge in [0.05, 0.1) is 18.4 Å². The standard InChI is InChI=1S/C16H23BN4O3/c1-4-24-16(22)12(11-18)5-6-13-7-8-14-15(19-13)21(17(2)23)10-9-20(14)3/h7-8,12,23H,4-6,9-10H2,1-3H3. The first kappa shape index (κ1) is 18.1. The average molecular weight is 330 g/mol. The first-order chi connectivity index (χ1) is 11.5. The number of carbonyl (C=O) groups is 1. The van der Waals surface area contributed by atoms with Gasteiger partial charge in [0.25, 0.3) is 0 Å². The fourth-order valence-electron chi connectivity index (χ4n) is 2.75. The van der Waals surface area contributed by atoms with E-state index in [1.54, 1.807) is 13.7 Å². The number of aryl methyl sites for hydroxylation is 1. The van der Waals surface area contributed by atoms with Crippen LogP contribution in [0.15, 0.2) is 12.1 Å². The van der Waals surface area contributed by atoms with Gasteiger partial charge in [-0.05, 0) is 38.7 Å². The summed E-state index contributed by atoms with van der Waals surface area (Å²) in [5.74, 6) is -0.525. The summed E-state index contributed by atoms with van der Waals surface area (Å²) >= 11 is 0. The van der Waals surface area contributed by atoms with Crippen molar-refractivity contribution in [1.82, 2.24) is 4.98 Å². The van der Waals surface area contributed by atoms with Crippen LogP contribution in [-0.4, -0.2) is 49.8 Å². The number of anilines is 2. The predicted molar refractivity (Wildman–Crippen MR) is 92.7 cm³/mol. The molecule has 0 saturated heterocycles. The van der Waals surface area contributed by atoms with Gasteiger partial charge in [-0.2, -0.15) is 5.26 Å². The predicted octanol–water partition coefficient (Wildman–Crippen LogP) is 1.08. The van der Waals surface area contributed by atoms with Crippen LogP contribution in [0.3, 0.4) is 0 Å². The van der Waals surface area contributed by atoms with Crippen molar-refractivity contribution in [3.63, 3.8) is 0 Å². The maximum absolute atomic E-state index is 11.7. The van der Waals surface area contributed by atoms with Crippen LogP contribution in [0.5, 0.6) is 0 Å². The number of hydrogen-bond donors (Lipinski definition) is 1. The molecule has 7 nitrogen and oxygen atoms in total. The minimum absolute atomic E-state index is 0.268. The van der Waals surface area contributed by atoms with Crippen molar-refractivity contribution in [3.05, 3.63) is 17.8 Å². The fraction of sp³-hybridized carbons (Fsp3) is 0.562. The third-order valence-corrected chi connectivity index (χ3v) is 4.14. The molecule has 1 N–H and O–H groups in total. The van der Waals surface area contributed by atoms with Gasteiger partial charge in [0.2, 0.25) is 0 Å². The first-order valence-corrected chi connectivity index (χ1v) is 8.20. The molecule has 0 spiro atoms. The van der Waals surface area contributed by atoms with Crippen molar-refractivity contribution >= 4 is 24.5 Å². The molecule has 0 amide bonds. The first-order valence-electron chi connectivity index (χ1n) is 8.20. The van der Waals surface area contributed by atoms with Gasteiger partial charge in [0.15, 0.2) is 0 Å². The number of nitriles is 1. The van der Waals surface area contributed by atoms with Gasteiger partial charge < -0.3 is 19.5 Å². The van der Waals surface area contributed by atoms with E-state index in [0.29, 0.717) is 19.4 Å². The molecule has 2 rings (SSSR count). The summed E-state index contributed by atoms with van der Waals surface area (Å²) in [7, 11) is 1.37. The molecule has 1 aliphatic rings. The van der Waals surface area contributed by atoms with Crippen LogP contribution in [0.1, 0.15) is 19.0 Å². The van der Waals surface area contributed by atoms with Crippen LogP contribution in [-0.2, 0) is 16.0 Å². The SMILES string of the molecule is CCOC(=O)C(C#N)CCc1ccc2c(n1)N(B(C)O)CCN2C. The summed E-state index contributed by atoms with van der Waals surface area (Å²) in [4.78, 5) is 20.3. The van der Waals surface area contributed by atoms with Crippen molar-refractivity contribution in [2.45, 2.75) is 26.6 Å². The highest BCUT2D eigenvalue weighted by molar-refractivity contribution is 6.54. The van der Waals surface area contributed by atoms with E-state index in [1.807, 2.05) is 30.1 Å². The average Bonchev–Trinajstić information content (AvgIpc) is 2.55. The largest absolute Gasteiger partial charge is 0.465 e. The van der Waals surface area contributed by atoms with Gasteiger partial charge in [0, 0.05) is 25.8 Å². The second-order valence-electron chi connectivity index (χ2n) is 5.86. The highest BCUT2D eigenvalue weighted by atomic mass is 16.5. The van der Waals surface area contributed by atoms with Crippen molar-refractivity contribution in [1.29, 1.82) is 5.26 Å². The van der Waals surface area contributed by atoms with E-state index in [4.69, 9.17) is 10.00 Å². The van der Waals surface area contributed by atoms with Crippen LogP contribution in [0.2, 0.25) is 6.82 Å². The van der Waals surface area contributed by atoms with Crippen LogP contribution in [0.25, 0.3) is 0 Å². The Morgan fingerprint density at radius 3 is 2.92 bits per heavy atom. The maximum Gasteiger partial charge on any atom is 0.410 e. The van der Waals surface area contributed by atoms with E-state index in [1.165, 1.54) is 0 Å². The zero-order valence-electron chi connectivity index (χ0n) is 14.4. The molecule has 0 fully saturated rings. The van der Waals surface area contributed by atoms with Crippen molar-refractivity contribution in [2.24, 2.45) is 5.92 Å². The maximum atomic E-state index is 11.7. The van der Waals surface area contributed by atoms with E-state index in [2.05, 4.69) is 9.88 Å². The Morgan fingerprint density at radius 2 is 2.29 bits per heavy atom. The molecule has 0 saturated carbocycles. The summed E-state index contributed by atoms with van der Waals surface area (Å²) < 4.78 is 4.91. The van der Waals surface area contributed by atoms with Crippen LogP contribution < -0.4 is 9.71 Å². The molecule has 128 valence electrons. The molecule has 1 aromatic heterocycles. The molecule has 1 aromatic rings. The Labute approximate surface area is 143 Å². The number of carbonyl (C=O) groups excluding carboxylic acids is 1.